The molecule has 0 bridgehead atoms. The summed E-state index contributed by atoms with van der Waals surface area (Å²) in [7, 11) is 2.00. The van der Waals surface area contributed by atoms with Crippen molar-refractivity contribution in [3.8, 4) is 5.75 Å². The maximum absolute atomic E-state index is 9.69. The van der Waals surface area contributed by atoms with E-state index in [4.69, 9.17) is 0 Å². The van der Waals surface area contributed by atoms with Crippen molar-refractivity contribution in [1.29, 1.82) is 0 Å². The molecule has 0 aromatic heterocycles. The van der Waals surface area contributed by atoms with Crippen molar-refractivity contribution in [2.75, 3.05) is 33.2 Å². The molecule has 0 radical (unpaired) electrons. The van der Waals surface area contributed by atoms with Crippen molar-refractivity contribution in [3.05, 3.63) is 29.8 Å². The van der Waals surface area contributed by atoms with Gasteiger partial charge in [-0.3, -0.25) is 0 Å². The van der Waals surface area contributed by atoms with Crippen LogP contribution in [0.4, 0.5) is 0 Å². The van der Waals surface area contributed by atoms with Crippen molar-refractivity contribution >= 4 is 0 Å². The maximum Gasteiger partial charge on any atom is 0.115 e. The van der Waals surface area contributed by atoms with Crippen LogP contribution in [0.25, 0.3) is 0 Å². The summed E-state index contributed by atoms with van der Waals surface area (Å²) in [5, 5.41) is 12.9. The van der Waals surface area contributed by atoms with Crippen molar-refractivity contribution in [3.63, 3.8) is 0 Å². The summed E-state index contributed by atoms with van der Waals surface area (Å²) in [4.78, 5) is 2.53. The SMILES string of the molecule is CNCCN1CC[C@@](C)(c2cccc(O)c2)[C@@H](C)C1. The fourth-order valence-electron chi connectivity index (χ4n) is 3.08. The zero-order chi connectivity index (χ0) is 13.9. The third-order valence-electron chi connectivity index (χ3n) is 4.75. The molecule has 0 saturated carbocycles. The molecular weight excluding hydrogens is 236 g/mol. The number of hydrogen-bond acceptors (Lipinski definition) is 3. The van der Waals surface area contributed by atoms with E-state index in [-0.39, 0.29) is 5.41 Å². The number of phenols is 1. The lowest BCUT2D eigenvalue weighted by atomic mass is 9.68. The molecule has 2 atom stereocenters. The van der Waals surface area contributed by atoms with Crippen LogP contribution in [0.5, 0.6) is 5.75 Å². The van der Waals surface area contributed by atoms with E-state index < -0.39 is 0 Å². The molecule has 0 amide bonds. The Bertz CT molecular complexity index is 421. The Labute approximate surface area is 116 Å². The monoisotopic (exact) mass is 262 g/mol. The van der Waals surface area contributed by atoms with Crippen LogP contribution in [0.3, 0.4) is 0 Å². The number of benzene rings is 1. The van der Waals surface area contributed by atoms with Crippen molar-refractivity contribution in [1.82, 2.24) is 10.2 Å². The van der Waals surface area contributed by atoms with Crippen molar-refractivity contribution in [2.24, 2.45) is 5.92 Å². The molecule has 1 fully saturated rings. The summed E-state index contributed by atoms with van der Waals surface area (Å²) >= 11 is 0. The summed E-state index contributed by atoms with van der Waals surface area (Å²) < 4.78 is 0. The molecule has 3 nitrogen and oxygen atoms in total. The fraction of sp³-hybridized carbons (Fsp3) is 0.625. The summed E-state index contributed by atoms with van der Waals surface area (Å²) in [6.45, 7) is 9.11. The van der Waals surface area contributed by atoms with E-state index >= 15 is 0 Å². The highest BCUT2D eigenvalue weighted by atomic mass is 16.3. The number of hydrogen-bond donors (Lipinski definition) is 2. The molecule has 0 unspecified atom stereocenters. The van der Waals surface area contributed by atoms with Gasteiger partial charge in [-0.15, -0.1) is 0 Å². The zero-order valence-electron chi connectivity index (χ0n) is 12.3. The Morgan fingerprint density at radius 2 is 2.26 bits per heavy atom. The Morgan fingerprint density at radius 1 is 1.47 bits per heavy atom. The largest absolute Gasteiger partial charge is 0.508 e. The first-order valence-electron chi connectivity index (χ1n) is 7.23. The number of likely N-dealkylation sites (N-methyl/N-ethyl adjacent to an activating group) is 1. The number of nitrogens with one attached hydrogen (secondary N) is 1. The van der Waals surface area contributed by atoms with Gasteiger partial charge in [0.15, 0.2) is 0 Å². The summed E-state index contributed by atoms with van der Waals surface area (Å²) in [6, 6.07) is 7.79. The predicted octanol–water partition coefficient (Wildman–Crippen LogP) is 2.21. The molecule has 19 heavy (non-hydrogen) atoms. The summed E-state index contributed by atoms with van der Waals surface area (Å²) in [5.41, 5.74) is 1.45. The van der Waals surface area contributed by atoms with Gasteiger partial charge >= 0.3 is 0 Å². The molecule has 1 aliphatic rings. The Hall–Kier alpha value is -1.06. The minimum Gasteiger partial charge on any atom is -0.508 e. The zero-order valence-corrected chi connectivity index (χ0v) is 12.3. The summed E-state index contributed by atoms with van der Waals surface area (Å²) in [6.07, 6.45) is 1.15. The number of nitrogens with zero attached hydrogens (tertiary/aromatic N) is 1. The van der Waals surface area contributed by atoms with Gasteiger partial charge in [0.1, 0.15) is 5.75 Å². The van der Waals surface area contributed by atoms with Crippen LogP contribution >= 0.6 is 0 Å². The number of likely N-dealkylation sites (tertiary alicyclic amines) is 1. The van der Waals surface area contributed by atoms with E-state index in [1.807, 2.05) is 19.2 Å². The van der Waals surface area contributed by atoms with Crippen LogP contribution in [0.15, 0.2) is 24.3 Å². The molecule has 1 aliphatic heterocycles. The van der Waals surface area contributed by atoms with Crippen LogP contribution in [-0.2, 0) is 5.41 Å². The van der Waals surface area contributed by atoms with Gasteiger partial charge in [0.25, 0.3) is 0 Å². The minimum absolute atomic E-state index is 0.175. The smallest absolute Gasteiger partial charge is 0.115 e. The Kier molecular flexibility index (Phi) is 4.48. The lowest BCUT2D eigenvalue weighted by Crippen LogP contribution is -2.48. The first-order chi connectivity index (χ1) is 9.06. The molecule has 106 valence electrons. The normalized spacial score (nSPS) is 28.5. The maximum atomic E-state index is 9.69. The second-order valence-electron chi connectivity index (χ2n) is 6.02. The Balaban J connectivity index is 2.09. The Morgan fingerprint density at radius 3 is 2.89 bits per heavy atom. The molecule has 2 N–H and O–H groups in total. The van der Waals surface area contributed by atoms with E-state index in [1.54, 1.807) is 6.07 Å². The quantitative estimate of drug-likeness (QED) is 0.873. The van der Waals surface area contributed by atoms with Crippen LogP contribution < -0.4 is 5.32 Å². The van der Waals surface area contributed by atoms with Crippen LogP contribution in [0.2, 0.25) is 0 Å². The number of aromatic hydroxyl groups is 1. The van der Waals surface area contributed by atoms with Gasteiger partial charge < -0.3 is 15.3 Å². The van der Waals surface area contributed by atoms with Crippen LogP contribution in [0.1, 0.15) is 25.8 Å². The molecular formula is C16H26N2O. The minimum atomic E-state index is 0.175. The van der Waals surface area contributed by atoms with Crippen LogP contribution in [0, 0.1) is 5.92 Å². The molecule has 1 aromatic rings. The molecule has 0 spiro atoms. The number of piperidine rings is 1. The van der Waals surface area contributed by atoms with Crippen molar-refractivity contribution in [2.45, 2.75) is 25.7 Å². The predicted molar refractivity (Wildman–Crippen MR) is 79.6 cm³/mol. The van der Waals surface area contributed by atoms with Gasteiger partial charge in [-0.1, -0.05) is 26.0 Å². The highest BCUT2D eigenvalue weighted by Crippen LogP contribution is 2.40. The molecule has 3 heteroatoms. The molecule has 2 rings (SSSR count). The van der Waals surface area contributed by atoms with Gasteiger partial charge in [-0.25, -0.2) is 0 Å². The van der Waals surface area contributed by atoms with Gasteiger partial charge in [0.2, 0.25) is 0 Å². The summed E-state index contributed by atoms with van der Waals surface area (Å²) in [5.74, 6) is 0.975. The van der Waals surface area contributed by atoms with Crippen LogP contribution in [-0.4, -0.2) is 43.2 Å². The second-order valence-corrected chi connectivity index (χ2v) is 6.02. The third-order valence-corrected chi connectivity index (χ3v) is 4.75. The average molecular weight is 262 g/mol. The second kappa shape index (κ2) is 5.93. The topological polar surface area (TPSA) is 35.5 Å². The van der Waals surface area contributed by atoms with Gasteiger partial charge in [0.05, 0.1) is 0 Å². The lowest BCUT2D eigenvalue weighted by molar-refractivity contribution is 0.112. The van der Waals surface area contributed by atoms with E-state index in [2.05, 4.69) is 30.1 Å². The number of rotatable bonds is 4. The number of phenolic OH excluding ortho intramolecular Hbond substituents is 1. The van der Waals surface area contributed by atoms with Gasteiger partial charge in [-0.2, -0.15) is 0 Å². The van der Waals surface area contributed by atoms with E-state index in [1.165, 1.54) is 5.56 Å². The first-order valence-corrected chi connectivity index (χ1v) is 7.23. The van der Waals surface area contributed by atoms with E-state index in [0.29, 0.717) is 11.7 Å². The third kappa shape index (κ3) is 3.10. The highest BCUT2D eigenvalue weighted by Gasteiger charge is 2.37. The molecule has 0 aliphatic carbocycles. The first kappa shape index (κ1) is 14.4. The standard InChI is InChI=1S/C16H26N2O/c1-13-12-18(10-8-17-3)9-7-16(13,2)14-5-4-6-15(19)11-14/h4-6,11,13,17,19H,7-10,12H2,1-3H3/t13-,16+/m0/s1. The van der Waals surface area contributed by atoms with Gasteiger partial charge in [-0.05, 0) is 49.0 Å². The highest BCUT2D eigenvalue weighted by molar-refractivity contribution is 5.33. The van der Waals surface area contributed by atoms with Crippen molar-refractivity contribution < 1.29 is 5.11 Å². The van der Waals surface area contributed by atoms with Gasteiger partial charge in [0, 0.05) is 19.6 Å². The van der Waals surface area contributed by atoms with E-state index in [0.717, 1.165) is 32.6 Å². The fourth-order valence-corrected chi connectivity index (χ4v) is 3.08. The average Bonchev–Trinajstić information content (AvgIpc) is 2.40. The van der Waals surface area contributed by atoms with E-state index in [9.17, 15) is 5.11 Å². The molecule has 1 aromatic carbocycles. The molecule has 1 saturated heterocycles. The molecule has 1 heterocycles. The lowest BCUT2D eigenvalue weighted by Gasteiger charge is -2.45.